The van der Waals surface area contributed by atoms with Crippen LogP contribution in [0.2, 0.25) is 0 Å². The average Bonchev–Trinajstić information content (AvgIpc) is 2.70. The molecular formula is C24H25Br2OP. The summed E-state index contributed by atoms with van der Waals surface area (Å²) >= 11 is 3.91. The molecule has 0 radical (unpaired) electrons. The van der Waals surface area contributed by atoms with Gasteiger partial charge in [0.1, 0.15) is 23.2 Å². The monoisotopic (exact) mass is 518 g/mol. The summed E-state index contributed by atoms with van der Waals surface area (Å²) in [6.07, 6.45) is 0. The maximum absolute atomic E-state index is 13.5. The van der Waals surface area contributed by atoms with Crippen molar-refractivity contribution in [3.05, 3.63) is 91.0 Å². The van der Waals surface area contributed by atoms with Crippen molar-refractivity contribution in [3.63, 3.8) is 0 Å². The molecule has 0 aromatic heterocycles. The molecule has 1 nitrogen and oxygen atoms in total. The first-order valence-electron chi connectivity index (χ1n) is 9.12. The van der Waals surface area contributed by atoms with Crippen LogP contribution in [0.5, 0.6) is 0 Å². The summed E-state index contributed by atoms with van der Waals surface area (Å²) in [7, 11) is -2.23. The zero-order valence-corrected chi connectivity index (χ0v) is 20.4. The van der Waals surface area contributed by atoms with Crippen molar-refractivity contribution in [3.8, 4) is 0 Å². The lowest BCUT2D eigenvalue weighted by Gasteiger charge is -2.33. The Kier molecular flexibility index (Phi) is 7.79. The molecule has 0 aliphatic carbocycles. The number of rotatable bonds is 5. The van der Waals surface area contributed by atoms with Crippen molar-refractivity contribution in [2.45, 2.75) is 25.3 Å². The molecule has 3 rings (SSSR count). The number of ketones is 1. The number of carbonyl (C=O) groups excluding carboxylic acids is 1. The first kappa shape index (κ1) is 23.0. The van der Waals surface area contributed by atoms with Crippen LogP contribution in [-0.2, 0) is 4.79 Å². The van der Waals surface area contributed by atoms with E-state index in [0.717, 1.165) is 0 Å². The van der Waals surface area contributed by atoms with Gasteiger partial charge in [-0.1, -0.05) is 75.4 Å². The largest absolute Gasteiger partial charge is 1.00 e. The van der Waals surface area contributed by atoms with Gasteiger partial charge in [0.25, 0.3) is 0 Å². The molecule has 0 spiro atoms. The summed E-state index contributed by atoms with van der Waals surface area (Å²) in [6.45, 7) is 6.00. The predicted molar refractivity (Wildman–Crippen MR) is 122 cm³/mol. The summed E-state index contributed by atoms with van der Waals surface area (Å²) in [6, 6.07) is 31.5. The van der Waals surface area contributed by atoms with Gasteiger partial charge in [-0.25, -0.2) is 0 Å². The Balaban J connectivity index is 0.00000280. The van der Waals surface area contributed by atoms with Crippen LogP contribution >= 0.6 is 23.2 Å². The van der Waals surface area contributed by atoms with Crippen molar-refractivity contribution >= 4 is 44.9 Å². The number of halogens is 2. The normalized spacial score (nSPS) is 12.7. The fraction of sp³-hybridized carbons (Fsp3) is 0.208. The van der Waals surface area contributed by atoms with Gasteiger partial charge in [0.2, 0.25) is 0 Å². The van der Waals surface area contributed by atoms with Crippen molar-refractivity contribution in [1.29, 1.82) is 0 Å². The van der Waals surface area contributed by atoms with E-state index >= 15 is 0 Å². The van der Waals surface area contributed by atoms with Crippen molar-refractivity contribution in [1.82, 2.24) is 0 Å². The van der Waals surface area contributed by atoms with Crippen LogP contribution in [0, 0.1) is 5.41 Å². The number of alkyl halides is 1. The Hall–Kier alpha value is -1.28. The topological polar surface area (TPSA) is 17.1 Å². The standard InChI is InChI=1S/C24H25BrOP.BrH/c1-24(2,3)22(26)23(25)27(19-13-7-4-8-14-19,20-15-9-5-10-16-20)21-17-11-6-12-18-21;/h4-18,23H,1-3H3;1H/q+1;/p-1. The minimum atomic E-state index is -2.23. The van der Waals surface area contributed by atoms with Crippen LogP contribution in [0.3, 0.4) is 0 Å². The molecule has 28 heavy (non-hydrogen) atoms. The number of benzene rings is 3. The second-order valence-electron chi connectivity index (χ2n) is 7.68. The van der Waals surface area contributed by atoms with Gasteiger partial charge in [-0.15, -0.1) is 0 Å². The molecule has 146 valence electrons. The van der Waals surface area contributed by atoms with Crippen molar-refractivity contribution in [2.24, 2.45) is 5.41 Å². The molecule has 0 heterocycles. The lowest BCUT2D eigenvalue weighted by atomic mass is 9.92. The van der Waals surface area contributed by atoms with Gasteiger partial charge >= 0.3 is 0 Å². The van der Waals surface area contributed by atoms with Gasteiger partial charge in [-0.3, -0.25) is 4.79 Å². The first-order chi connectivity index (χ1) is 12.9. The lowest BCUT2D eigenvalue weighted by Crippen LogP contribution is -3.00. The van der Waals surface area contributed by atoms with E-state index in [1.807, 2.05) is 39.0 Å². The second kappa shape index (κ2) is 9.48. The Morgan fingerprint density at radius 2 is 1.00 bits per heavy atom. The van der Waals surface area contributed by atoms with Crippen LogP contribution in [0.4, 0.5) is 0 Å². The Labute approximate surface area is 187 Å². The Bertz CT molecular complexity index is 793. The van der Waals surface area contributed by atoms with E-state index in [0.29, 0.717) is 0 Å². The maximum Gasteiger partial charge on any atom is 0.195 e. The highest BCUT2D eigenvalue weighted by Gasteiger charge is 2.56. The predicted octanol–water partition coefficient (Wildman–Crippen LogP) is 2.32. The third-order valence-electron chi connectivity index (χ3n) is 4.79. The Morgan fingerprint density at radius 3 is 1.25 bits per heavy atom. The van der Waals surface area contributed by atoms with E-state index in [1.165, 1.54) is 15.9 Å². The SMILES string of the molecule is CC(C)(C)C(=O)C(Br)[P+](c1ccccc1)(c1ccccc1)c1ccccc1.[Br-]. The molecule has 4 heteroatoms. The minimum Gasteiger partial charge on any atom is -1.00 e. The van der Waals surface area contributed by atoms with Gasteiger partial charge in [0, 0.05) is 5.41 Å². The zero-order valence-electron chi connectivity index (χ0n) is 16.3. The van der Waals surface area contributed by atoms with Gasteiger partial charge in [-0.05, 0) is 52.3 Å². The van der Waals surface area contributed by atoms with Crippen LogP contribution in [-0.4, -0.2) is 10.4 Å². The Morgan fingerprint density at radius 1 is 0.714 bits per heavy atom. The van der Waals surface area contributed by atoms with E-state index in [9.17, 15) is 4.79 Å². The zero-order chi connectivity index (χ0) is 19.5. The summed E-state index contributed by atoms with van der Waals surface area (Å²) in [5.74, 6) is 0.229. The van der Waals surface area contributed by atoms with Crippen molar-refractivity contribution < 1.29 is 21.8 Å². The average molecular weight is 520 g/mol. The number of Topliss-reactive ketones (excluding diaryl/α,β-unsaturated/α-hetero) is 1. The number of hydrogen-bond donors (Lipinski definition) is 0. The van der Waals surface area contributed by atoms with E-state index in [1.54, 1.807) is 0 Å². The van der Waals surface area contributed by atoms with E-state index < -0.39 is 12.7 Å². The molecule has 1 atom stereocenters. The van der Waals surface area contributed by atoms with Crippen LogP contribution in [0.15, 0.2) is 91.0 Å². The fourth-order valence-electron chi connectivity index (χ4n) is 3.36. The highest BCUT2D eigenvalue weighted by molar-refractivity contribution is 9.11. The van der Waals surface area contributed by atoms with Crippen molar-refractivity contribution in [2.75, 3.05) is 0 Å². The molecule has 0 saturated carbocycles. The fourth-order valence-corrected chi connectivity index (χ4v) is 10.5. The minimum absolute atomic E-state index is 0. The molecule has 0 aliphatic heterocycles. The highest BCUT2D eigenvalue weighted by Crippen LogP contribution is 2.63. The van der Waals surface area contributed by atoms with Crippen LogP contribution in [0.1, 0.15) is 20.8 Å². The molecule has 0 fully saturated rings. The van der Waals surface area contributed by atoms with E-state index in [4.69, 9.17) is 0 Å². The molecule has 0 bridgehead atoms. The molecule has 1 unspecified atom stereocenters. The smallest absolute Gasteiger partial charge is 0.195 e. The summed E-state index contributed by atoms with van der Waals surface area (Å²) in [4.78, 5) is 13.5. The molecular weight excluding hydrogens is 495 g/mol. The van der Waals surface area contributed by atoms with Gasteiger partial charge in [0.05, 0.1) is 0 Å². The molecule has 0 amide bonds. The molecule has 0 aliphatic rings. The summed E-state index contributed by atoms with van der Waals surface area (Å²) in [5.41, 5.74) is -0.433. The van der Waals surface area contributed by atoms with Gasteiger partial charge in [0.15, 0.2) is 10.4 Å². The molecule has 0 saturated heterocycles. The number of hydrogen-bond acceptors (Lipinski definition) is 1. The molecule has 3 aromatic rings. The summed E-state index contributed by atoms with van der Waals surface area (Å²) in [5, 5.41) is 3.63. The first-order valence-corrected chi connectivity index (χ1v) is 11.9. The van der Waals surface area contributed by atoms with E-state index in [-0.39, 0.29) is 27.3 Å². The van der Waals surface area contributed by atoms with Crippen LogP contribution in [0.25, 0.3) is 0 Å². The molecule has 0 N–H and O–H groups in total. The van der Waals surface area contributed by atoms with Crippen LogP contribution < -0.4 is 32.9 Å². The number of carbonyl (C=O) groups is 1. The lowest BCUT2D eigenvalue weighted by molar-refractivity contribution is -0.124. The van der Waals surface area contributed by atoms with Gasteiger partial charge in [-0.2, -0.15) is 0 Å². The summed E-state index contributed by atoms with van der Waals surface area (Å²) < 4.78 is -0.294. The van der Waals surface area contributed by atoms with Gasteiger partial charge < -0.3 is 17.0 Å². The second-order valence-corrected chi connectivity index (χ2v) is 12.8. The maximum atomic E-state index is 13.5. The highest BCUT2D eigenvalue weighted by atomic mass is 79.9. The quantitative estimate of drug-likeness (QED) is 0.373. The third-order valence-corrected chi connectivity index (χ3v) is 11.3. The van der Waals surface area contributed by atoms with E-state index in [2.05, 4.69) is 88.7 Å². The third kappa shape index (κ3) is 4.32. The molecule has 3 aromatic carbocycles.